The van der Waals surface area contributed by atoms with E-state index in [4.69, 9.17) is 10.5 Å². The molecule has 9 heteroatoms. The predicted molar refractivity (Wildman–Crippen MR) is 154 cm³/mol. The van der Waals surface area contributed by atoms with Gasteiger partial charge >= 0.3 is 0 Å². The van der Waals surface area contributed by atoms with Gasteiger partial charge in [0, 0.05) is 27.1 Å². The molecule has 0 saturated carbocycles. The molecule has 4 N–H and O–H groups in total. The molecule has 5 aromatic rings. The predicted octanol–water partition coefficient (Wildman–Crippen LogP) is 7.28. The van der Waals surface area contributed by atoms with E-state index in [0.717, 1.165) is 15.6 Å². The molecule has 0 spiro atoms. The number of ether oxygens (including phenoxy) is 1. The van der Waals surface area contributed by atoms with Crippen LogP contribution in [0.1, 0.15) is 35.8 Å². The Balaban J connectivity index is 1.51. The minimum absolute atomic E-state index is 0.259. The number of benzene rings is 3. The summed E-state index contributed by atoms with van der Waals surface area (Å²) in [5.41, 5.74) is 9.67. The molecule has 0 fully saturated rings. The van der Waals surface area contributed by atoms with E-state index in [1.54, 1.807) is 42.5 Å². The van der Waals surface area contributed by atoms with Gasteiger partial charge in [-0.3, -0.25) is 4.79 Å². The number of amides is 1. The molecule has 0 bridgehead atoms. The maximum Gasteiger partial charge on any atom is 0.255 e. The number of nitrogens with one attached hydrogen (secondary N) is 2. The second-order valence-electron chi connectivity index (χ2n) is 8.95. The van der Waals surface area contributed by atoms with E-state index < -0.39 is 0 Å². The van der Waals surface area contributed by atoms with Gasteiger partial charge in [0.05, 0.1) is 11.1 Å². The molecule has 2 aromatic heterocycles. The van der Waals surface area contributed by atoms with Crippen LogP contribution in [0.3, 0.4) is 0 Å². The Morgan fingerprint density at radius 2 is 1.71 bits per heavy atom. The number of halogens is 1. The first kappa shape index (κ1) is 25.2. The molecule has 38 heavy (non-hydrogen) atoms. The topological polar surface area (TPSA) is 115 Å². The highest BCUT2D eigenvalue weighted by Gasteiger charge is 2.15. The van der Waals surface area contributed by atoms with Gasteiger partial charge in [-0.05, 0) is 84.8 Å². The van der Waals surface area contributed by atoms with Crippen molar-refractivity contribution < 1.29 is 9.53 Å². The Kier molecular flexibility index (Phi) is 7.19. The number of hydrogen-bond acceptors (Lipinski definition) is 7. The van der Waals surface area contributed by atoms with Crippen LogP contribution in [0.25, 0.3) is 11.0 Å². The Morgan fingerprint density at radius 1 is 0.947 bits per heavy atom. The minimum atomic E-state index is -0.259. The highest BCUT2D eigenvalue weighted by molar-refractivity contribution is 9.10. The first-order chi connectivity index (χ1) is 18.4. The lowest BCUT2D eigenvalue weighted by molar-refractivity contribution is 0.102. The molecular weight excluding hydrogens is 544 g/mol. The number of carbonyl (C=O) groups excluding carboxylic acids is 1. The average molecular weight is 569 g/mol. The fourth-order valence-corrected chi connectivity index (χ4v) is 4.03. The number of nitrogen functional groups attached to an aromatic ring is 1. The number of aromatic nitrogens is 3. The standard InChI is InChI=1S/C29H25BrN6O2/c1-17(2)24-13-12-23-27(35-24)32-16-33-28(23)36-25-15-18(29(37)34-21-8-4-19(30)5-9-21)3-14-26(25)38-22-10-6-20(31)7-11-22/h3-17H,31H2,1-2H3,(H,34,37)(H,32,33,35,36). The third-order valence-corrected chi connectivity index (χ3v) is 6.34. The van der Waals surface area contributed by atoms with Crippen molar-refractivity contribution in [1.82, 2.24) is 15.0 Å². The maximum atomic E-state index is 13.1. The summed E-state index contributed by atoms with van der Waals surface area (Å²) in [6.45, 7) is 4.17. The van der Waals surface area contributed by atoms with Crippen LogP contribution in [0.5, 0.6) is 11.5 Å². The van der Waals surface area contributed by atoms with Crippen LogP contribution in [0.2, 0.25) is 0 Å². The van der Waals surface area contributed by atoms with Gasteiger partial charge in [0.15, 0.2) is 11.4 Å². The molecule has 0 aliphatic rings. The summed E-state index contributed by atoms with van der Waals surface area (Å²) in [4.78, 5) is 26.6. The van der Waals surface area contributed by atoms with E-state index in [1.165, 1.54) is 6.33 Å². The van der Waals surface area contributed by atoms with Crippen LogP contribution >= 0.6 is 15.9 Å². The molecule has 0 unspecified atom stereocenters. The van der Waals surface area contributed by atoms with E-state index in [-0.39, 0.29) is 11.8 Å². The minimum Gasteiger partial charge on any atom is -0.455 e. The Hall–Kier alpha value is -4.50. The first-order valence-corrected chi connectivity index (χ1v) is 12.8. The second-order valence-corrected chi connectivity index (χ2v) is 9.87. The van der Waals surface area contributed by atoms with Crippen LogP contribution in [-0.4, -0.2) is 20.9 Å². The van der Waals surface area contributed by atoms with E-state index in [1.807, 2.05) is 36.4 Å². The highest BCUT2D eigenvalue weighted by atomic mass is 79.9. The van der Waals surface area contributed by atoms with Crippen molar-refractivity contribution in [2.75, 3.05) is 16.4 Å². The van der Waals surface area contributed by atoms with Gasteiger partial charge in [-0.1, -0.05) is 29.8 Å². The SMILES string of the molecule is CC(C)c1ccc2c(Nc3cc(C(=O)Nc4ccc(Br)cc4)ccc3Oc3ccc(N)cc3)ncnc2n1. The molecule has 190 valence electrons. The lowest BCUT2D eigenvalue weighted by atomic mass is 10.1. The Morgan fingerprint density at radius 3 is 2.45 bits per heavy atom. The summed E-state index contributed by atoms with van der Waals surface area (Å²) in [6, 6.07) is 23.6. The summed E-state index contributed by atoms with van der Waals surface area (Å²) in [7, 11) is 0. The number of rotatable bonds is 7. The lowest BCUT2D eigenvalue weighted by Crippen LogP contribution is -2.12. The van der Waals surface area contributed by atoms with Gasteiger partial charge < -0.3 is 21.1 Å². The maximum absolute atomic E-state index is 13.1. The molecule has 3 aromatic carbocycles. The van der Waals surface area contributed by atoms with E-state index in [0.29, 0.717) is 45.6 Å². The van der Waals surface area contributed by atoms with E-state index in [9.17, 15) is 4.79 Å². The summed E-state index contributed by atoms with van der Waals surface area (Å²) < 4.78 is 7.08. The number of nitrogens with two attached hydrogens (primary N) is 1. The molecular formula is C29H25BrN6O2. The van der Waals surface area contributed by atoms with E-state index >= 15 is 0 Å². The number of pyridine rings is 1. The van der Waals surface area contributed by atoms with Crippen LogP contribution in [0.15, 0.2) is 89.7 Å². The zero-order valence-corrected chi connectivity index (χ0v) is 22.4. The molecule has 0 aliphatic heterocycles. The van der Waals surface area contributed by atoms with Crippen molar-refractivity contribution in [3.8, 4) is 11.5 Å². The zero-order valence-electron chi connectivity index (χ0n) is 20.8. The number of fused-ring (bicyclic) bond motifs is 1. The molecule has 0 aliphatic carbocycles. The summed E-state index contributed by atoms with van der Waals surface area (Å²) in [5.74, 6) is 1.67. The number of carbonyl (C=O) groups is 1. The number of anilines is 4. The van der Waals surface area contributed by atoms with Gasteiger partial charge in [-0.15, -0.1) is 0 Å². The second kappa shape index (κ2) is 10.9. The van der Waals surface area contributed by atoms with E-state index in [2.05, 4.69) is 55.4 Å². The van der Waals surface area contributed by atoms with Crippen molar-refractivity contribution in [1.29, 1.82) is 0 Å². The molecule has 5 rings (SSSR count). The third-order valence-electron chi connectivity index (χ3n) is 5.81. The van der Waals surface area contributed by atoms with Crippen molar-refractivity contribution in [2.45, 2.75) is 19.8 Å². The fraction of sp³-hybridized carbons (Fsp3) is 0.103. The summed E-state index contributed by atoms with van der Waals surface area (Å²) in [6.07, 6.45) is 1.46. The van der Waals surface area contributed by atoms with Crippen LogP contribution in [0, 0.1) is 0 Å². The highest BCUT2D eigenvalue weighted by Crippen LogP contribution is 2.34. The normalized spacial score (nSPS) is 10.9. The van der Waals surface area contributed by atoms with Crippen molar-refractivity contribution in [3.05, 3.63) is 101 Å². The molecule has 8 nitrogen and oxygen atoms in total. The Labute approximate surface area is 228 Å². The Bertz CT molecular complexity index is 1600. The lowest BCUT2D eigenvalue weighted by Gasteiger charge is -2.16. The third kappa shape index (κ3) is 5.73. The summed E-state index contributed by atoms with van der Waals surface area (Å²) >= 11 is 3.41. The molecule has 0 radical (unpaired) electrons. The largest absolute Gasteiger partial charge is 0.455 e. The number of hydrogen-bond donors (Lipinski definition) is 3. The number of nitrogens with zero attached hydrogens (tertiary/aromatic N) is 3. The first-order valence-electron chi connectivity index (χ1n) is 12.0. The molecule has 1 amide bonds. The van der Waals surface area contributed by atoms with Gasteiger partial charge in [-0.25, -0.2) is 15.0 Å². The average Bonchev–Trinajstić information content (AvgIpc) is 2.92. The fourth-order valence-electron chi connectivity index (χ4n) is 3.76. The van der Waals surface area contributed by atoms with Crippen molar-refractivity contribution in [3.63, 3.8) is 0 Å². The van der Waals surface area contributed by atoms with Gasteiger partial charge in [-0.2, -0.15) is 0 Å². The molecule has 0 atom stereocenters. The van der Waals surface area contributed by atoms with Gasteiger partial charge in [0.1, 0.15) is 17.9 Å². The van der Waals surface area contributed by atoms with Gasteiger partial charge in [0.25, 0.3) is 5.91 Å². The smallest absolute Gasteiger partial charge is 0.255 e. The van der Waals surface area contributed by atoms with Crippen molar-refractivity contribution >= 4 is 55.8 Å². The zero-order chi connectivity index (χ0) is 26.6. The van der Waals surface area contributed by atoms with Crippen LogP contribution < -0.4 is 21.1 Å². The van der Waals surface area contributed by atoms with Gasteiger partial charge in [0.2, 0.25) is 0 Å². The molecule has 0 saturated heterocycles. The van der Waals surface area contributed by atoms with Crippen LogP contribution in [-0.2, 0) is 0 Å². The van der Waals surface area contributed by atoms with Crippen molar-refractivity contribution in [2.24, 2.45) is 0 Å². The quantitative estimate of drug-likeness (QED) is 0.177. The van der Waals surface area contributed by atoms with Crippen LogP contribution in [0.4, 0.5) is 22.9 Å². The monoisotopic (exact) mass is 568 g/mol. The molecule has 2 heterocycles. The summed E-state index contributed by atoms with van der Waals surface area (Å²) in [5, 5.41) is 7.01.